The molecule has 0 radical (unpaired) electrons. The smallest absolute Gasteiger partial charge is 0.0991 e. The Bertz CT molecular complexity index is 831. The van der Waals surface area contributed by atoms with E-state index in [2.05, 4.69) is 55.0 Å². The zero-order valence-corrected chi connectivity index (χ0v) is 16.5. The van der Waals surface area contributed by atoms with Gasteiger partial charge in [-0.15, -0.1) is 12.4 Å². The molecule has 4 heteroatoms. The van der Waals surface area contributed by atoms with Crippen LogP contribution >= 0.6 is 12.4 Å². The molecule has 26 heavy (non-hydrogen) atoms. The summed E-state index contributed by atoms with van der Waals surface area (Å²) in [5, 5.41) is 8.97. The summed E-state index contributed by atoms with van der Waals surface area (Å²) in [5.41, 5.74) is 6.49. The van der Waals surface area contributed by atoms with Gasteiger partial charge in [0.25, 0.3) is 0 Å². The van der Waals surface area contributed by atoms with Crippen molar-refractivity contribution < 1.29 is 0 Å². The topological polar surface area (TPSA) is 30.3 Å². The highest BCUT2D eigenvalue weighted by atomic mass is 35.5. The third kappa shape index (κ3) is 3.20. The highest BCUT2D eigenvalue weighted by Crippen LogP contribution is 2.53. The predicted molar refractivity (Wildman–Crippen MR) is 109 cm³/mol. The lowest BCUT2D eigenvalue weighted by Crippen LogP contribution is -2.41. The van der Waals surface area contributed by atoms with E-state index in [4.69, 9.17) is 5.26 Å². The van der Waals surface area contributed by atoms with Crippen molar-refractivity contribution >= 4 is 23.8 Å². The number of rotatable bonds is 3. The van der Waals surface area contributed by atoms with Gasteiger partial charge in [-0.3, -0.25) is 4.90 Å². The lowest BCUT2D eigenvalue weighted by atomic mass is 9.86. The minimum Gasteiger partial charge on any atom is -0.345 e. The Morgan fingerprint density at radius 3 is 2.31 bits per heavy atom. The van der Waals surface area contributed by atoms with E-state index in [0.29, 0.717) is 17.0 Å². The molecule has 1 aliphatic heterocycles. The molecule has 1 heterocycles. The summed E-state index contributed by atoms with van der Waals surface area (Å²) in [6, 6.07) is 17.5. The molecule has 1 spiro atoms. The Kier molecular flexibility index (Phi) is 5.01. The molecule has 0 atom stereocenters. The molecule has 136 valence electrons. The Morgan fingerprint density at radius 1 is 1.08 bits per heavy atom. The van der Waals surface area contributed by atoms with Crippen molar-refractivity contribution in [3.8, 4) is 6.07 Å². The predicted octanol–water partition coefficient (Wildman–Crippen LogP) is 5.00. The molecule has 0 bridgehead atoms. The molecular weight excluding hydrogens is 342 g/mol. The number of nitrogens with zero attached hydrogens (tertiary/aromatic N) is 3. The number of fused-ring (bicyclic) bond motifs is 2. The first kappa shape index (κ1) is 18.8. The lowest BCUT2D eigenvalue weighted by molar-refractivity contribution is 0.177. The van der Waals surface area contributed by atoms with Crippen molar-refractivity contribution in [3.05, 3.63) is 59.2 Å². The maximum absolute atomic E-state index is 8.97. The van der Waals surface area contributed by atoms with Crippen LogP contribution in [0.2, 0.25) is 0 Å². The van der Waals surface area contributed by atoms with Gasteiger partial charge in [0.05, 0.1) is 11.6 Å². The van der Waals surface area contributed by atoms with E-state index in [1.54, 1.807) is 5.56 Å². The van der Waals surface area contributed by atoms with Crippen molar-refractivity contribution in [1.29, 1.82) is 5.26 Å². The molecule has 3 nitrogen and oxygen atoms in total. The maximum atomic E-state index is 8.97. The maximum Gasteiger partial charge on any atom is 0.0991 e. The summed E-state index contributed by atoms with van der Waals surface area (Å²) >= 11 is 0. The Balaban J connectivity index is 0.00000196. The first-order valence-electron chi connectivity index (χ1n) is 9.14. The molecule has 0 saturated heterocycles. The monoisotopic (exact) mass is 367 g/mol. The van der Waals surface area contributed by atoms with Crippen LogP contribution < -0.4 is 4.90 Å². The van der Waals surface area contributed by atoms with Crippen molar-refractivity contribution in [2.45, 2.75) is 44.7 Å². The van der Waals surface area contributed by atoms with Crippen LogP contribution in [-0.2, 0) is 12.0 Å². The van der Waals surface area contributed by atoms with E-state index in [-0.39, 0.29) is 12.4 Å². The number of halogens is 1. The van der Waals surface area contributed by atoms with Gasteiger partial charge in [0.15, 0.2) is 0 Å². The summed E-state index contributed by atoms with van der Waals surface area (Å²) in [4.78, 5) is 4.82. The van der Waals surface area contributed by atoms with E-state index >= 15 is 0 Å². The molecule has 2 aliphatic rings. The Labute approximate surface area is 162 Å². The molecule has 0 amide bonds. The van der Waals surface area contributed by atoms with E-state index in [1.807, 2.05) is 24.3 Å². The Hall–Kier alpha value is -2.02. The number of benzene rings is 2. The summed E-state index contributed by atoms with van der Waals surface area (Å²) in [7, 11) is 2.10. The molecule has 2 aromatic carbocycles. The van der Waals surface area contributed by atoms with Crippen molar-refractivity contribution in [3.63, 3.8) is 0 Å². The van der Waals surface area contributed by atoms with Crippen LogP contribution in [0.5, 0.6) is 0 Å². The highest BCUT2D eigenvalue weighted by molar-refractivity contribution is 5.85. The molecule has 1 saturated carbocycles. The first-order chi connectivity index (χ1) is 12.0. The fourth-order valence-corrected chi connectivity index (χ4v) is 4.04. The molecule has 0 aromatic heterocycles. The van der Waals surface area contributed by atoms with Crippen LogP contribution in [0.3, 0.4) is 0 Å². The van der Waals surface area contributed by atoms with Gasteiger partial charge in [-0.25, -0.2) is 0 Å². The van der Waals surface area contributed by atoms with Crippen LogP contribution in [0.15, 0.2) is 42.5 Å². The second-order valence-corrected chi connectivity index (χ2v) is 7.84. The quantitative estimate of drug-likeness (QED) is 0.764. The van der Waals surface area contributed by atoms with Crippen LogP contribution in [0.1, 0.15) is 43.4 Å². The van der Waals surface area contributed by atoms with Gasteiger partial charge in [0, 0.05) is 43.0 Å². The minimum absolute atomic E-state index is 0. The molecule has 2 aromatic rings. The standard InChI is InChI=1S/C22H25N3.ClH/c1-16(2)25-14-18-12-20(8-9-21(18)22(15-25)10-11-22)24(3)19-6-4-17(13-23)5-7-19;/h4-9,12,16H,10-11,14-15H2,1-3H3;1H. The van der Waals surface area contributed by atoms with Gasteiger partial charge in [0.1, 0.15) is 0 Å². The van der Waals surface area contributed by atoms with E-state index < -0.39 is 0 Å². The third-order valence-corrected chi connectivity index (χ3v) is 5.89. The van der Waals surface area contributed by atoms with Gasteiger partial charge in [0.2, 0.25) is 0 Å². The van der Waals surface area contributed by atoms with Crippen LogP contribution in [0, 0.1) is 11.3 Å². The van der Waals surface area contributed by atoms with Crippen LogP contribution in [0.25, 0.3) is 0 Å². The van der Waals surface area contributed by atoms with E-state index in [0.717, 1.165) is 12.2 Å². The molecule has 0 unspecified atom stereocenters. The normalized spacial score (nSPS) is 17.3. The number of nitriles is 1. The average Bonchev–Trinajstić information content (AvgIpc) is 3.40. The number of hydrogen-bond acceptors (Lipinski definition) is 3. The minimum atomic E-state index is 0. The summed E-state index contributed by atoms with van der Waals surface area (Å²) in [5.74, 6) is 0. The van der Waals surface area contributed by atoms with Crippen molar-refractivity contribution in [2.75, 3.05) is 18.5 Å². The molecule has 4 rings (SSSR count). The first-order valence-corrected chi connectivity index (χ1v) is 9.14. The molecule has 1 aliphatic carbocycles. The van der Waals surface area contributed by atoms with Gasteiger partial charge in [-0.05, 0) is 74.2 Å². The van der Waals surface area contributed by atoms with Crippen LogP contribution in [0.4, 0.5) is 11.4 Å². The second kappa shape index (κ2) is 6.95. The highest BCUT2D eigenvalue weighted by Gasteiger charge is 2.49. The zero-order valence-electron chi connectivity index (χ0n) is 15.7. The fourth-order valence-electron chi connectivity index (χ4n) is 4.04. The third-order valence-electron chi connectivity index (χ3n) is 5.89. The SMILES string of the molecule is CC(C)N1Cc2cc(N(C)c3ccc(C#N)cc3)ccc2C2(CC2)C1.Cl. The fraction of sp³-hybridized carbons (Fsp3) is 0.409. The molecular formula is C22H26ClN3. The average molecular weight is 368 g/mol. The van der Waals surface area contributed by atoms with E-state index in [9.17, 15) is 0 Å². The van der Waals surface area contributed by atoms with Gasteiger partial charge in [-0.2, -0.15) is 5.26 Å². The summed E-state index contributed by atoms with van der Waals surface area (Å²) in [6.07, 6.45) is 2.65. The van der Waals surface area contributed by atoms with E-state index in [1.165, 1.54) is 30.6 Å². The summed E-state index contributed by atoms with van der Waals surface area (Å²) in [6.45, 7) is 6.86. The van der Waals surface area contributed by atoms with Gasteiger partial charge in [-0.1, -0.05) is 6.07 Å². The van der Waals surface area contributed by atoms with Gasteiger partial charge < -0.3 is 4.90 Å². The van der Waals surface area contributed by atoms with Gasteiger partial charge >= 0.3 is 0 Å². The Morgan fingerprint density at radius 2 is 1.73 bits per heavy atom. The molecule has 0 N–H and O–H groups in total. The largest absolute Gasteiger partial charge is 0.345 e. The zero-order chi connectivity index (χ0) is 17.6. The van der Waals surface area contributed by atoms with Crippen molar-refractivity contribution in [1.82, 2.24) is 4.90 Å². The molecule has 1 fully saturated rings. The lowest BCUT2D eigenvalue weighted by Gasteiger charge is -2.38. The van der Waals surface area contributed by atoms with Crippen LogP contribution in [-0.4, -0.2) is 24.5 Å². The number of anilines is 2. The number of hydrogen-bond donors (Lipinski definition) is 0. The second-order valence-electron chi connectivity index (χ2n) is 7.84. The van der Waals surface area contributed by atoms with Crippen molar-refractivity contribution in [2.24, 2.45) is 0 Å². The summed E-state index contributed by atoms with van der Waals surface area (Å²) < 4.78 is 0.